The first-order chi connectivity index (χ1) is 34.7. The predicted octanol–water partition coefficient (Wildman–Crippen LogP) is 6.52. The lowest BCUT2D eigenvalue weighted by Gasteiger charge is -2.48. The van der Waals surface area contributed by atoms with Crippen LogP contribution in [0.1, 0.15) is 120 Å². The average molecular weight is 969 g/mol. The molecule has 370 valence electrons. The largest absolute Gasteiger partial charge is 0.392 e. The van der Waals surface area contributed by atoms with E-state index in [1.807, 2.05) is 30.5 Å². The Labute approximate surface area is 419 Å². The van der Waals surface area contributed by atoms with E-state index in [2.05, 4.69) is 86.6 Å². The predicted molar refractivity (Wildman–Crippen MR) is 271 cm³/mol. The Hall–Kier alpha value is -7.22. The highest BCUT2D eigenvalue weighted by molar-refractivity contribution is 6.23. The molecule has 0 spiro atoms. The van der Waals surface area contributed by atoms with Crippen molar-refractivity contribution in [3.05, 3.63) is 112 Å². The second kappa shape index (κ2) is 18.8. The molecule has 3 fully saturated rings. The second-order valence-corrected chi connectivity index (χ2v) is 21.4. The van der Waals surface area contributed by atoms with Gasteiger partial charge in [0.15, 0.2) is 0 Å². The summed E-state index contributed by atoms with van der Waals surface area (Å²) in [6, 6.07) is 16.7. The first kappa shape index (κ1) is 47.1. The van der Waals surface area contributed by atoms with E-state index in [-0.39, 0.29) is 47.8 Å². The highest BCUT2D eigenvalue weighted by Crippen LogP contribution is 2.41. The molecule has 1 unspecified atom stereocenters. The number of pyridine rings is 3. The van der Waals surface area contributed by atoms with Crippen LogP contribution in [-0.2, 0) is 35.6 Å². The number of aliphatic hydroxyl groups is 1. The summed E-state index contributed by atoms with van der Waals surface area (Å²) in [5, 5.41) is 16.4. The van der Waals surface area contributed by atoms with Crippen molar-refractivity contribution in [1.29, 1.82) is 0 Å². The Morgan fingerprint density at radius 2 is 1.61 bits per heavy atom. The number of fused-ring (bicyclic) bond motifs is 4. The molecule has 5 aromatic rings. The lowest BCUT2D eigenvalue weighted by Crippen LogP contribution is -2.58. The van der Waals surface area contributed by atoms with Crippen molar-refractivity contribution in [3.8, 4) is 23.0 Å². The van der Waals surface area contributed by atoms with Gasteiger partial charge < -0.3 is 19.9 Å². The summed E-state index contributed by atoms with van der Waals surface area (Å²) in [6.45, 7) is 12.8. The molecule has 1 saturated carbocycles. The number of anilines is 4. The van der Waals surface area contributed by atoms with Crippen LogP contribution in [0, 0.1) is 29.1 Å². The number of benzene rings is 1. The fraction of sp³-hybridized carbons (Fsp3) is 0.429. The maximum absolute atomic E-state index is 14.0. The first-order valence-corrected chi connectivity index (χ1v) is 25.4. The molecule has 0 radical (unpaired) electrons. The minimum absolute atomic E-state index is 0.0770. The molecule has 5 amide bonds. The van der Waals surface area contributed by atoms with E-state index in [1.165, 1.54) is 11.3 Å². The molecule has 3 N–H and O–H groups in total. The zero-order valence-corrected chi connectivity index (χ0v) is 41.3. The molecule has 72 heavy (non-hydrogen) atoms. The third-order valence-electron chi connectivity index (χ3n) is 15.8. The van der Waals surface area contributed by atoms with Crippen LogP contribution < -0.4 is 20.4 Å². The number of imide groups is 2. The normalized spacial score (nSPS) is 22.9. The summed E-state index contributed by atoms with van der Waals surface area (Å²) in [5.41, 5.74) is 7.85. The van der Waals surface area contributed by atoms with Gasteiger partial charge in [0.05, 0.1) is 29.6 Å². The van der Waals surface area contributed by atoms with Crippen LogP contribution in [0.2, 0.25) is 0 Å². The number of nitrogens with zero attached hydrogens (tertiary/aromatic N) is 8. The molecule has 4 aliphatic heterocycles. The lowest BCUT2D eigenvalue weighted by molar-refractivity contribution is -0.136. The summed E-state index contributed by atoms with van der Waals surface area (Å²) in [5.74, 6) is 6.94. The number of amides is 5. The van der Waals surface area contributed by atoms with Gasteiger partial charge in [-0.2, -0.15) is 0 Å². The van der Waals surface area contributed by atoms with E-state index in [0.717, 1.165) is 79.9 Å². The Morgan fingerprint density at radius 3 is 2.38 bits per heavy atom. The first-order valence-electron chi connectivity index (χ1n) is 25.4. The minimum Gasteiger partial charge on any atom is -0.392 e. The van der Waals surface area contributed by atoms with Gasteiger partial charge in [-0.1, -0.05) is 39.5 Å². The molecule has 2 saturated heterocycles. The van der Waals surface area contributed by atoms with Gasteiger partial charge >= 0.3 is 0 Å². The Kier molecular flexibility index (Phi) is 12.3. The average Bonchev–Trinajstić information content (AvgIpc) is 3.96. The van der Waals surface area contributed by atoms with Gasteiger partial charge in [-0.25, -0.2) is 15.0 Å². The number of aromatic nitrogens is 4. The number of rotatable bonds is 9. The highest BCUT2D eigenvalue weighted by Gasteiger charge is 2.45. The molecule has 1 aromatic carbocycles. The van der Waals surface area contributed by atoms with E-state index >= 15 is 0 Å². The number of hydrogen-bond acceptors (Lipinski definition) is 12. The molecule has 4 aromatic heterocycles. The van der Waals surface area contributed by atoms with Crippen LogP contribution in [0.3, 0.4) is 0 Å². The maximum Gasteiger partial charge on any atom is 0.276 e. The number of piperazine rings is 1. The number of hydrogen-bond donors (Lipinski definition) is 3. The van der Waals surface area contributed by atoms with E-state index in [0.29, 0.717) is 65.4 Å². The van der Waals surface area contributed by atoms with E-state index < -0.39 is 29.7 Å². The van der Waals surface area contributed by atoms with Crippen LogP contribution in [0.5, 0.6) is 0 Å². The van der Waals surface area contributed by atoms with Crippen molar-refractivity contribution >= 4 is 52.7 Å². The van der Waals surface area contributed by atoms with Crippen LogP contribution in [0.4, 0.5) is 23.1 Å². The SMILES string of the molecule is CC(C)[C@H]1CN(C2CCC(C#Cc3ccc4c(c3)C(=O)N(C3CCC(=O)NC3=O)C4=O)CC2)CCN1c1ccc(Nc2cc(-c3ccnc(N4CCn5c(cc6c5CC(C)(C)C6)C4=O)c3CO)ccn2)nc1. The van der Waals surface area contributed by atoms with Crippen molar-refractivity contribution in [1.82, 2.24) is 34.6 Å². The molecule has 2 aliphatic carbocycles. The number of aliphatic hydroxyl groups excluding tert-OH is 1. The van der Waals surface area contributed by atoms with Gasteiger partial charge in [0, 0.05) is 86.4 Å². The van der Waals surface area contributed by atoms with Gasteiger partial charge in [-0.3, -0.25) is 44.0 Å². The van der Waals surface area contributed by atoms with Gasteiger partial charge in [0.25, 0.3) is 17.7 Å². The summed E-state index contributed by atoms with van der Waals surface area (Å²) in [6.07, 6.45) is 11.5. The van der Waals surface area contributed by atoms with Gasteiger partial charge in [-0.15, -0.1) is 0 Å². The van der Waals surface area contributed by atoms with Crippen LogP contribution >= 0.6 is 0 Å². The third kappa shape index (κ3) is 8.72. The maximum atomic E-state index is 14.0. The van der Waals surface area contributed by atoms with Gasteiger partial charge in [0.2, 0.25) is 11.8 Å². The van der Waals surface area contributed by atoms with Crippen molar-refractivity contribution in [3.63, 3.8) is 0 Å². The van der Waals surface area contributed by atoms with Crippen molar-refractivity contribution in [2.24, 2.45) is 17.3 Å². The molecule has 16 heteroatoms. The number of nitrogens with one attached hydrogen (secondary N) is 2. The molecule has 8 heterocycles. The van der Waals surface area contributed by atoms with Crippen molar-refractivity contribution < 1.29 is 29.1 Å². The molecular weight excluding hydrogens is 909 g/mol. The van der Waals surface area contributed by atoms with Crippen LogP contribution in [0.15, 0.2) is 73.2 Å². The third-order valence-corrected chi connectivity index (χ3v) is 15.8. The second-order valence-electron chi connectivity index (χ2n) is 21.4. The quantitative estimate of drug-likeness (QED) is 0.108. The fourth-order valence-corrected chi connectivity index (χ4v) is 12.1. The number of carbonyl (C=O) groups is 5. The zero-order valence-electron chi connectivity index (χ0n) is 41.3. The summed E-state index contributed by atoms with van der Waals surface area (Å²) in [4.78, 5) is 86.5. The summed E-state index contributed by atoms with van der Waals surface area (Å²) < 4.78 is 2.19. The lowest BCUT2D eigenvalue weighted by atomic mass is 9.84. The van der Waals surface area contributed by atoms with E-state index in [1.54, 1.807) is 35.5 Å². The van der Waals surface area contributed by atoms with Crippen molar-refractivity contribution in [2.45, 2.75) is 110 Å². The fourth-order valence-electron chi connectivity index (χ4n) is 12.1. The topological polar surface area (TPSA) is 186 Å². The van der Waals surface area contributed by atoms with Gasteiger partial charge in [-0.05, 0) is 128 Å². The molecule has 0 bridgehead atoms. The number of carbonyl (C=O) groups excluding carboxylic acids is 5. The molecular formula is C56H60N10O6. The zero-order chi connectivity index (χ0) is 50.0. The standard InChI is InChI=1S/C56H60N10O6/c1-33(2)47-31-62(38-10-7-34(8-11-38)5-6-35-9-13-41-42(25-35)54(71)66(53(41)70)44-14-16-50(68)61-52(44)69)21-22-63(47)39-12-15-48(59-30-39)60-49-27-36(17-19-57-49)40-18-20-58-51(43(40)32-67)65-24-23-64-45(55(65)72)26-37-28-56(3,4)29-46(37)64/h9,12-13,15,17-20,25-27,30,33-34,38,44,47,67H,7-8,10-11,14,16,21-24,28-29,31-32H2,1-4H3,(H,57,59,60)(H,61,68,69)/t34?,38?,44?,47-/m1/s1. The summed E-state index contributed by atoms with van der Waals surface area (Å²) in [7, 11) is 0. The van der Waals surface area contributed by atoms with E-state index in [4.69, 9.17) is 4.98 Å². The van der Waals surface area contributed by atoms with E-state index in [9.17, 15) is 29.1 Å². The smallest absolute Gasteiger partial charge is 0.276 e. The minimum atomic E-state index is -0.997. The van der Waals surface area contributed by atoms with Gasteiger partial charge in [0.1, 0.15) is 29.2 Å². The molecule has 16 nitrogen and oxygen atoms in total. The molecule has 6 aliphatic rings. The number of piperidine rings is 1. The Morgan fingerprint density at radius 1 is 0.806 bits per heavy atom. The Balaban J connectivity index is 0.700. The Bertz CT molecular complexity index is 3090. The molecule has 11 rings (SSSR count). The van der Waals surface area contributed by atoms with Crippen LogP contribution in [0.25, 0.3) is 11.1 Å². The summed E-state index contributed by atoms with van der Waals surface area (Å²) >= 11 is 0. The molecule has 2 atom stereocenters. The van der Waals surface area contributed by atoms with Crippen LogP contribution in [-0.4, -0.2) is 108 Å². The highest BCUT2D eigenvalue weighted by atomic mass is 16.3. The van der Waals surface area contributed by atoms with Crippen molar-refractivity contribution in [2.75, 3.05) is 41.3 Å². The monoisotopic (exact) mass is 968 g/mol.